The fourth-order valence-corrected chi connectivity index (χ4v) is 1.20. The molecular formula is C7H10. The monoisotopic (exact) mass is 94.1 g/mol. The van der Waals surface area contributed by atoms with Crippen molar-refractivity contribution in [2.75, 3.05) is 0 Å². The molecule has 0 aromatic rings. The summed E-state index contributed by atoms with van der Waals surface area (Å²) in [4.78, 5) is 0. The molecule has 0 heterocycles. The molecule has 0 spiro atoms. The van der Waals surface area contributed by atoms with Crippen molar-refractivity contribution in [1.82, 2.24) is 0 Å². The summed E-state index contributed by atoms with van der Waals surface area (Å²) >= 11 is 0. The first kappa shape index (κ1) is 3.71. The van der Waals surface area contributed by atoms with Crippen LogP contribution in [0.2, 0.25) is 0 Å². The van der Waals surface area contributed by atoms with E-state index in [0.29, 0.717) is 0 Å². The quantitative estimate of drug-likeness (QED) is 0.436. The lowest BCUT2D eigenvalue weighted by atomic mass is 10.2. The second-order valence-electron chi connectivity index (χ2n) is 2.77. The minimum Gasteiger partial charge on any atom is -0.0776 e. The van der Waals surface area contributed by atoms with Crippen molar-refractivity contribution in [3.63, 3.8) is 0 Å². The molecule has 1 atom stereocenters. The summed E-state index contributed by atoms with van der Waals surface area (Å²) in [7, 11) is 0. The SMILES string of the molecule is CC1=CC1C1CC1. The van der Waals surface area contributed by atoms with Crippen LogP contribution in [0.3, 0.4) is 0 Å². The van der Waals surface area contributed by atoms with E-state index in [1.54, 1.807) is 5.57 Å². The van der Waals surface area contributed by atoms with Gasteiger partial charge in [0, 0.05) is 5.92 Å². The van der Waals surface area contributed by atoms with Gasteiger partial charge in [0.15, 0.2) is 0 Å². The minimum atomic E-state index is 0.972. The number of allylic oxidation sites excluding steroid dienone is 2. The van der Waals surface area contributed by atoms with E-state index in [0.717, 1.165) is 11.8 Å². The molecular weight excluding hydrogens is 84.1 g/mol. The van der Waals surface area contributed by atoms with Crippen LogP contribution in [0.25, 0.3) is 0 Å². The van der Waals surface area contributed by atoms with E-state index in [-0.39, 0.29) is 0 Å². The number of hydrogen-bond acceptors (Lipinski definition) is 0. The van der Waals surface area contributed by atoms with Crippen LogP contribution in [0.5, 0.6) is 0 Å². The van der Waals surface area contributed by atoms with Crippen LogP contribution in [-0.4, -0.2) is 0 Å². The van der Waals surface area contributed by atoms with E-state index >= 15 is 0 Å². The first-order chi connectivity index (χ1) is 3.38. The van der Waals surface area contributed by atoms with Crippen molar-refractivity contribution < 1.29 is 0 Å². The molecule has 2 aliphatic carbocycles. The molecule has 0 aromatic carbocycles. The Bertz CT molecular complexity index is 118. The fraction of sp³-hybridized carbons (Fsp3) is 0.714. The maximum Gasteiger partial charge on any atom is 0.000526 e. The van der Waals surface area contributed by atoms with Gasteiger partial charge in [-0.05, 0) is 25.7 Å². The second-order valence-corrected chi connectivity index (χ2v) is 2.77. The zero-order valence-electron chi connectivity index (χ0n) is 4.65. The van der Waals surface area contributed by atoms with Gasteiger partial charge in [-0.2, -0.15) is 0 Å². The lowest BCUT2D eigenvalue weighted by Gasteiger charge is -1.85. The Morgan fingerprint density at radius 2 is 2.14 bits per heavy atom. The van der Waals surface area contributed by atoms with Gasteiger partial charge in [0.1, 0.15) is 0 Å². The summed E-state index contributed by atoms with van der Waals surface area (Å²) in [5.41, 5.74) is 1.64. The number of rotatable bonds is 1. The van der Waals surface area contributed by atoms with Crippen LogP contribution in [0, 0.1) is 11.8 Å². The Kier molecular flexibility index (Phi) is 0.495. The minimum absolute atomic E-state index is 0.972. The van der Waals surface area contributed by atoms with Crippen molar-refractivity contribution in [2.24, 2.45) is 11.8 Å². The van der Waals surface area contributed by atoms with Crippen molar-refractivity contribution in [3.8, 4) is 0 Å². The lowest BCUT2D eigenvalue weighted by Crippen LogP contribution is -1.78. The highest BCUT2D eigenvalue weighted by molar-refractivity contribution is 5.29. The maximum atomic E-state index is 2.39. The van der Waals surface area contributed by atoms with Crippen molar-refractivity contribution in [2.45, 2.75) is 19.8 Å². The molecule has 0 bridgehead atoms. The molecule has 0 saturated heterocycles. The van der Waals surface area contributed by atoms with Crippen LogP contribution in [0.15, 0.2) is 11.6 Å². The van der Waals surface area contributed by atoms with Gasteiger partial charge < -0.3 is 0 Å². The summed E-state index contributed by atoms with van der Waals surface area (Å²) in [6.45, 7) is 2.24. The molecule has 0 N–H and O–H groups in total. The molecule has 0 amide bonds. The van der Waals surface area contributed by atoms with Gasteiger partial charge in [0.05, 0.1) is 0 Å². The van der Waals surface area contributed by atoms with E-state index in [1.807, 2.05) is 0 Å². The Morgan fingerprint density at radius 1 is 1.57 bits per heavy atom. The topological polar surface area (TPSA) is 0 Å². The normalized spacial score (nSPS) is 37.9. The predicted molar refractivity (Wildman–Crippen MR) is 30.0 cm³/mol. The zero-order chi connectivity index (χ0) is 4.85. The molecule has 1 fully saturated rings. The standard InChI is InChI=1S/C7H10/c1-5-4-7(5)6-2-3-6/h4,6-7H,2-3H2,1H3. The molecule has 0 nitrogen and oxygen atoms in total. The highest BCUT2D eigenvalue weighted by Crippen LogP contribution is 2.48. The third-order valence-electron chi connectivity index (χ3n) is 1.99. The van der Waals surface area contributed by atoms with E-state index < -0.39 is 0 Å². The lowest BCUT2D eigenvalue weighted by molar-refractivity contribution is 0.751. The zero-order valence-corrected chi connectivity index (χ0v) is 4.65. The Morgan fingerprint density at radius 3 is 2.29 bits per heavy atom. The molecule has 0 radical (unpaired) electrons. The van der Waals surface area contributed by atoms with E-state index in [9.17, 15) is 0 Å². The third-order valence-corrected chi connectivity index (χ3v) is 1.99. The van der Waals surface area contributed by atoms with Crippen LogP contribution < -0.4 is 0 Å². The van der Waals surface area contributed by atoms with Crippen LogP contribution in [0.1, 0.15) is 19.8 Å². The van der Waals surface area contributed by atoms with Gasteiger partial charge in [-0.15, -0.1) is 0 Å². The Balaban J connectivity index is 1.92. The van der Waals surface area contributed by atoms with Gasteiger partial charge in [-0.25, -0.2) is 0 Å². The van der Waals surface area contributed by atoms with Crippen LogP contribution in [-0.2, 0) is 0 Å². The molecule has 2 aliphatic rings. The molecule has 1 unspecified atom stereocenters. The van der Waals surface area contributed by atoms with Gasteiger partial charge in [0.2, 0.25) is 0 Å². The summed E-state index contributed by atoms with van der Waals surface area (Å²) in [5, 5.41) is 0. The highest BCUT2D eigenvalue weighted by atomic mass is 14.4. The Labute approximate surface area is 44.2 Å². The van der Waals surface area contributed by atoms with Crippen molar-refractivity contribution >= 4 is 0 Å². The van der Waals surface area contributed by atoms with Gasteiger partial charge in [-0.1, -0.05) is 11.6 Å². The van der Waals surface area contributed by atoms with Crippen molar-refractivity contribution in [1.29, 1.82) is 0 Å². The molecule has 0 heteroatoms. The Hall–Kier alpha value is -0.260. The third kappa shape index (κ3) is 0.495. The molecule has 0 aromatic heterocycles. The maximum absolute atomic E-state index is 2.39. The first-order valence-corrected chi connectivity index (χ1v) is 3.06. The molecule has 7 heavy (non-hydrogen) atoms. The first-order valence-electron chi connectivity index (χ1n) is 3.06. The van der Waals surface area contributed by atoms with E-state index in [2.05, 4.69) is 13.0 Å². The van der Waals surface area contributed by atoms with E-state index in [4.69, 9.17) is 0 Å². The average Bonchev–Trinajstić information content (AvgIpc) is 2.23. The smallest absolute Gasteiger partial charge is 0.000526 e. The fourth-order valence-electron chi connectivity index (χ4n) is 1.20. The van der Waals surface area contributed by atoms with Gasteiger partial charge >= 0.3 is 0 Å². The summed E-state index contributed by atoms with van der Waals surface area (Å²) < 4.78 is 0. The molecule has 1 saturated carbocycles. The summed E-state index contributed by atoms with van der Waals surface area (Å²) in [6.07, 6.45) is 5.38. The molecule has 38 valence electrons. The second kappa shape index (κ2) is 0.936. The number of hydrogen-bond donors (Lipinski definition) is 0. The molecule has 2 rings (SSSR count). The largest absolute Gasteiger partial charge is 0.0776 e. The van der Waals surface area contributed by atoms with Crippen molar-refractivity contribution in [3.05, 3.63) is 11.6 Å². The van der Waals surface area contributed by atoms with Crippen LogP contribution >= 0.6 is 0 Å². The summed E-state index contributed by atoms with van der Waals surface area (Å²) in [5.74, 6) is 2.07. The molecule has 0 aliphatic heterocycles. The summed E-state index contributed by atoms with van der Waals surface area (Å²) in [6, 6.07) is 0. The highest BCUT2D eigenvalue weighted by Gasteiger charge is 2.36. The van der Waals surface area contributed by atoms with Gasteiger partial charge in [0.25, 0.3) is 0 Å². The predicted octanol–water partition coefficient (Wildman–Crippen LogP) is 1.97. The van der Waals surface area contributed by atoms with E-state index in [1.165, 1.54) is 12.8 Å². The van der Waals surface area contributed by atoms with Crippen LogP contribution in [0.4, 0.5) is 0 Å². The van der Waals surface area contributed by atoms with Gasteiger partial charge in [-0.3, -0.25) is 0 Å². The average molecular weight is 94.2 g/mol.